The molecule has 0 aliphatic heterocycles. The second-order valence-electron chi connectivity index (χ2n) is 5.87. The molecule has 0 atom stereocenters. The van der Waals surface area contributed by atoms with Crippen molar-refractivity contribution >= 4 is 40.8 Å². The minimum absolute atomic E-state index is 0.372. The van der Waals surface area contributed by atoms with Crippen LogP contribution < -0.4 is 20.3 Å². The minimum Gasteiger partial charge on any atom is -0.410 e. The van der Waals surface area contributed by atoms with E-state index in [1.165, 1.54) is 4.90 Å². The zero-order valence-corrected chi connectivity index (χ0v) is 15.8. The van der Waals surface area contributed by atoms with Crippen LogP contribution in [0.15, 0.2) is 78.9 Å². The van der Waals surface area contributed by atoms with Crippen molar-refractivity contribution < 1.29 is 14.3 Å². The zero-order valence-electron chi connectivity index (χ0n) is 15.1. The second kappa shape index (κ2) is 8.92. The van der Waals surface area contributed by atoms with Crippen molar-refractivity contribution in [2.24, 2.45) is 0 Å². The van der Waals surface area contributed by atoms with Crippen LogP contribution >= 0.6 is 11.6 Å². The molecule has 3 rings (SSSR count). The number of urea groups is 1. The molecule has 0 bridgehead atoms. The lowest BCUT2D eigenvalue weighted by molar-refractivity contribution is 0.209. The highest BCUT2D eigenvalue weighted by Crippen LogP contribution is 2.19. The summed E-state index contributed by atoms with van der Waals surface area (Å²) in [6.45, 7) is 0. The summed E-state index contributed by atoms with van der Waals surface area (Å²) in [5.74, 6) is 0.372. The number of ether oxygens (including phenoxy) is 1. The SMILES string of the molecule is CN(C(=O)Oc1ccc(NC(=O)Nc2ccc(Cl)cc2)cc1)c1ccccc1. The fourth-order valence-corrected chi connectivity index (χ4v) is 2.49. The van der Waals surface area contributed by atoms with Crippen molar-refractivity contribution in [3.63, 3.8) is 0 Å². The van der Waals surface area contributed by atoms with Gasteiger partial charge in [0, 0.05) is 29.1 Å². The summed E-state index contributed by atoms with van der Waals surface area (Å²) in [6.07, 6.45) is -0.507. The molecule has 0 saturated heterocycles. The molecule has 0 aromatic heterocycles. The Hall–Kier alpha value is -3.51. The summed E-state index contributed by atoms with van der Waals surface area (Å²) in [4.78, 5) is 25.7. The van der Waals surface area contributed by atoms with Gasteiger partial charge in [-0.05, 0) is 60.7 Å². The summed E-state index contributed by atoms with van der Waals surface area (Å²) >= 11 is 5.82. The van der Waals surface area contributed by atoms with Crippen molar-refractivity contribution in [2.75, 3.05) is 22.6 Å². The van der Waals surface area contributed by atoms with E-state index in [2.05, 4.69) is 10.6 Å². The summed E-state index contributed by atoms with van der Waals surface area (Å²) in [5.41, 5.74) is 1.91. The maximum atomic E-state index is 12.2. The van der Waals surface area contributed by atoms with Gasteiger partial charge in [0.05, 0.1) is 0 Å². The third kappa shape index (κ3) is 5.25. The van der Waals surface area contributed by atoms with Gasteiger partial charge >= 0.3 is 12.1 Å². The molecule has 3 amide bonds. The molecular weight excluding hydrogens is 378 g/mol. The number of hydrogen-bond acceptors (Lipinski definition) is 3. The second-order valence-corrected chi connectivity index (χ2v) is 6.31. The molecule has 0 spiro atoms. The summed E-state index contributed by atoms with van der Waals surface area (Å²) in [7, 11) is 1.63. The number of nitrogens with zero attached hydrogens (tertiary/aromatic N) is 1. The monoisotopic (exact) mass is 395 g/mol. The standard InChI is InChI=1S/C21H18ClN3O3/c1-25(18-5-3-2-4-6-18)21(27)28-19-13-11-17(12-14-19)24-20(26)23-16-9-7-15(22)8-10-16/h2-14H,1H3,(H2,23,24,26). The van der Waals surface area contributed by atoms with Crippen LogP contribution in [-0.4, -0.2) is 19.2 Å². The van der Waals surface area contributed by atoms with E-state index >= 15 is 0 Å². The highest BCUT2D eigenvalue weighted by Gasteiger charge is 2.13. The Labute approximate surface area is 167 Å². The van der Waals surface area contributed by atoms with E-state index in [1.54, 1.807) is 55.6 Å². The number of carbonyl (C=O) groups excluding carboxylic acids is 2. The molecule has 0 unspecified atom stereocenters. The third-order valence-corrected chi connectivity index (χ3v) is 4.09. The molecule has 0 fully saturated rings. The van der Waals surface area contributed by atoms with E-state index in [4.69, 9.17) is 16.3 Å². The van der Waals surface area contributed by atoms with Crippen LogP contribution in [0.3, 0.4) is 0 Å². The predicted octanol–water partition coefficient (Wildman–Crippen LogP) is 5.62. The minimum atomic E-state index is -0.507. The first kappa shape index (κ1) is 19.3. The lowest BCUT2D eigenvalue weighted by Crippen LogP contribution is -2.29. The molecule has 2 N–H and O–H groups in total. The quantitative estimate of drug-likeness (QED) is 0.602. The average molecular weight is 396 g/mol. The number of benzene rings is 3. The van der Waals surface area contributed by atoms with Gasteiger partial charge in [-0.3, -0.25) is 4.90 Å². The van der Waals surface area contributed by atoms with Crippen LogP contribution in [-0.2, 0) is 0 Å². The van der Waals surface area contributed by atoms with Crippen molar-refractivity contribution in [1.29, 1.82) is 0 Å². The highest BCUT2D eigenvalue weighted by molar-refractivity contribution is 6.30. The van der Waals surface area contributed by atoms with E-state index in [1.807, 2.05) is 30.3 Å². The van der Waals surface area contributed by atoms with Gasteiger partial charge in [0.25, 0.3) is 0 Å². The van der Waals surface area contributed by atoms with E-state index in [-0.39, 0.29) is 0 Å². The number of rotatable bonds is 4. The van der Waals surface area contributed by atoms with Crippen LogP contribution in [0.25, 0.3) is 0 Å². The van der Waals surface area contributed by atoms with E-state index < -0.39 is 12.1 Å². The first-order valence-electron chi connectivity index (χ1n) is 8.45. The Morgan fingerprint density at radius 3 is 1.93 bits per heavy atom. The molecule has 7 heteroatoms. The molecule has 0 radical (unpaired) electrons. The maximum Gasteiger partial charge on any atom is 0.419 e. The molecular formula is C21H18ClN3O3. The molecule has 142 valence electrons. The van der Waals surface area contributed by atoms with Crippen molar-refractivity contribution in [3.8, 4) is 5.75 Å². The molecule has 3 aromatic carbocycles. The average Bonchev–Trinajstić information content (AvgIpc) is 2.71. The van der Waals surface area contributed by atoms with Crippen LogP contribution in [0.1, 0.15) is 0 Å². The predicted molar refractivity (Wildman–Crippen MR) is 111 cm³/mol. The number of carbonyl (C=O) groups is 2. The first-order valence-corrected chi connectivity index (χ1v) is 8.83. The van der Waals surface area contributed by atoms with Gasteiger partial charge in [-0.1, -0.05) is 29.8 Å². The van der Waals surface area contributed by atoms with Gasteiger partial charge in [-0.15, -0.1) is 0 Å². The fraction of sp³-hybridized carbons (Fsp3) is 0.0476. The van der Waals surface area contributed by atoms with Crippen LogP contribution in [0, 0.1) is 0 Å². The number of hydrogen-bond donors (Lipinski definition) is 2. The molecule has 0 saturated carbocycles. The number of anilines is 3. The smallest absolute Gasteiger partial charge is 0.410 e. The highest BCUT2D eigenvalue weighted by atomic mass is 35.5. The van der Waals surface area contributed by atoms with Crippen molar-refractivity contribution in [3.05, 3.63) is 83.9 Å². The molecule has 0 aliphatic rings. The Morgan fingerprint density at radius 2 is 1.36 bits per heavy atom. The first-order chi connectivity index (χ1) is 13.5. The fourth-order valence-electron chi connectivity index (χ4n) is 2.36. The molecule has 6 nitrogen and oxygen atoms in total. The van der Waals surface area contributed by atoms with Gasteiger partial charge in [0.2, 0.25) is 0 Å². The van der Waals surface area contributed by atoms with Gasteiger partial charge < -0.3 is 15.4 Å². The molecule has 28 heavy (non-hydrogen) atoms. The van der Waals surface area contributed by atoms with Crippen LogP contribution in [0.2, 0.25) is 5.02 Å². The van der Waals surface area contributed by atoms with Gasteiger partial charge in [-0.2, -0.15) is 0 Å². The third-order valence-electron chi connectivity index (χ3n) is 3.84. The topological polar surface area (TPSA) is 70.7 Å². The normalized spacial score (nSPS) is 10.1. The van der Waals surface area contributed by atoms with Gasteiger partial charge in [0.1, 0.15) is 5.75 Å². The summed E-state index contributed by atoms with van der Waals surface area (Å²) in [6, 6.07) is 22.1. The van der Waals surface area contributed by atoms with Gasteiger partial charge in [-0.25, -0.2) is 9.59 Å². The van der Waals surface area contributed by atoms with Crippen molar-refractivity contribution in [2.45, 2.75) is 0 Å². The molecule has 3 aromatic rings. The molecule has 0 heterocycles. The van der Waals surface area contributed by atoms with Crippen molar-refractivity contribution in [1.82, 2.24) is 0 Å². The maximum absolute atomic E-state index is 12.2. The van der Waals surface area contributed by atoms with E-state index in [9.17, 15) is 9.59 Å². The van der Waals surface area contributed by atoms with Crippen LogP contribution in [0.5, 0.6) is 5.75 Å². The lowest BCUT2D eigenvalue weighted by Gasteiger charge is -2.16. The van der Waals surface area contributed by atoms with Gasteiger partial charge in [0.15, 0.2) is 0 Å². The lowest BCUT2D eigenvalue weighted by atomic mass is 10.3. The number of amides is 3. The number of halogens is 1. The number of nitrogens with one attached hydrogen (secondary N) is 2. The Morgan fingerprint density at radius 1 is 0.821 bits per heavy atom. The van der Waals surface area contributed by atoms with Crippen LogP contribution in [0.4, 0.5) is 26.7 Å². The Bertz CT molecular complexity index is 945. The Kier molecular flexibility index (Phi) is 6.14. The molecule has 0 aliphatic carbocycles. The van der Waals surface area contributed by atoms with E-state index in [0.717, 1.165) is 5.69 Å². The summed E-state index contributed by atoms with van der Waals surface area (Å²) in [5, 5.41) is 5.99. The largest absolute Gasteiger partial charge is 0.419 e. The Balaban J connectivity index is 1.55. The number of para-hydroxylation sites is 1. The zero-order chi connectivity index (χ0) is 19.9. The van der Waals surface area contributed by atoms with E-state index in [0.29, 0.717) is 22.1 Å². The summed E-state index contributed by atoms with van der Waals surface area (Å²) < 4.78 is 5.34.